The molecule has 7 heteroatoms. The highest BCUT2D eigenvalue weighted by Gasteiger charge is 2.23. The summed E-state index contributed by atoms with van der Waals surface area (Å²) in [5.74, 6) is 0.585. The number of rotatable bonds is 5. The molecule has 1 aliphatic heterocycles. The molecule has 0 saturated carbocycles. The van der Waals surface area contributed by atoms with Crippen molar-refractivity contribution in [3.05, 3.63) is 59.8 Å². The molecule has 3 amide bonds. The number of nitrogens with one attached hydrogen (secondary N) is 3. The lowest BCUT2D eigenvalue weighted by Crippen LogP contribution is -2.43. The molecule has 29 heavy (non-hydrogen) atoms. The molecule has 1 aromatic heterocycles. The van der Waals surface area contributed by atoms with Gasteiger partial charge in [0.1, 0.15) is 5.75 Å². The molecule has 0 fully saturated rings. The second-order valence-corrected chi connectivity index (χ2v) is 7.06. The number of H-pyrrole nitrogens is 1. The number of urea groups is 1. The largest absolute Gasteiger partial charge is 0.497 e. The molecule has 0 aliphatic carbocycles. The van der Waals surface area contributed by atoms with Crippen molar-refractivity contribution in [3.8, 4) is 5.75 Å². The van der Waals surface area contributed by atoms with Crippen molar-refractivity contribution in [2.75, 3.05) is 25.5 Å². The van der Waals surface area contributed by atoms with E-state index in [0.29, 0.717) is 18.8 Å². The van der Waals surface area contributed by atoms with Gasteiger partial charge in [-0.25, -0.2) is 4.79 Å². The van der Waals surface area contributed by atoms with Gasteiger partial charge in [0.25, 0.3) is 0 Å². The summed E-state index contributed by atoms with van der Waals surface area (Å²) >= 11 is 0. The summed E-state index contributed by atoms with van der Waals surface area (Å²) in [5.41, 5.74) is 4.19. The first-order chi connectivity index (χ1) is 14.1. The smallest absolute Gasteiger partial charge is 0.317 e. The maximum Gasteiger partial charge on any atom is 0.317 e. The van der Waals surface area contributed by atoms with Crippen LogP contribution in [0.4, 0.5) is 10.5 Å². The third kappa shape index (κ3) is 4.18. The Labute approximate surface area is 169 Å². The molecule has 0 radical (unpaired) electrons. The Kier molecular flexibility index (Phi) is 5.37. The molecule has 2 heterocycles. The maximum atomic E-state index is 12.5. The molecule has 0 atom stereocenters. The fraction of sp³-hybridized carbons (Fsp3) is 0.273. The Balaban J connectivity index is 1.26. The number of benzene rings is 2. The van der Waals surface area contributed by atoms with E-state index < -0.39 is 0 Å². The van der Waals surface area contributed by atoms with Crippen molar-refractivity contribution in [3.63, 3.8) is 0 Å². The molecular weight excluding hydrogens is 368 g/mol. The SMILES string of the molecule is COc1ccc(NC(=O)CCNC(=O)N2CCc3c([nH]c4ccccc34)C2)cc1. The Morgan fingerprint density at radius 1 is 1.14 bits per heavy atom. The summed E-state index contributed by atoms with van der Waals surface area (Å²) in [6.45, 7) is 1.50. The van der Waals surface area contributed by atoms with Crippen LogP contribution in [0, 0.1) is 0 Å². The van der Waals surface area contributed by atoms with Crippen LogP contribution in [0.2, 0.25) is 0 Å². The fourth-order valence-corrected chi connectivity index (χ4v) is 3.66. The summed E-state index contributed by atoms with van der Waals surface area (Å²) in [7, 11) is 1.59. The van der Waals surface area contributed by atoms with Crippen LogP contribution in [0.3, 0.4) is 0 Å². The average molecular weight is 392 g/mol. The quantitative estimate of drug-likeness (QED) is 0.623. The van der Waals surface area contributed by atoms with E-state index in [1.165, 1.54) is 10.9 Å². The van der Waals surface area contributed by atoms with Gasteiger partial charge in [-0.3, -0.25) is 4.79 Å². The van der Waals surface area contributed by atoms with E-state index in [4.69, 9.17) is 4.74 Å². The molecule has 3 aromatic rings. The number of methoxy groups -OCH3 is 1. The highest BCUT2D eigenvalue weighted by Crippen LogP contribution is 2.27. The van der Waals surface area contributed by atoms with Crippen molar-refractivity contribution < 1.29 is 14.3 Å². The summed E-state index contributed by atoms with van der Waals surface area (Å²) < 4.78 is 5.09. The molecule has 150 valence electrons. The number of anilines is 1. The minimum Gasteiger partial charge on any atom is -0.497 e. The van der Waals surface area contributed by atoms with Crippen LogP contribution >= 0.6 is 0 Å². The summed E-state index contributed by atoms with van der Waals surface area (Å²) in [4.78, 5) is 29.8. The normalized spacial score (nSPS) is 13.1. The van der Waals surface area contributed by atoms with Gasteiger partial charge in [-0.1, -0.05) is 18.2 Å². The van der Waals surface area contributed by atoms with E-state index in [1.807, 2.05) is 12.1 Å². The summed E-state index contributed by atoms with van der Waals surface area (Å²) in [6, 6.07) is 15.2. The Hall–Kier alpha value is -3.48. The summed E-state index contributed by atoms with van der Waals surface area (Å²) in [6.07, 6.45) is 1.04. The number of hydrogen-bond donors (Lipinski definition) is 3. The molecule has 0 bridgehead atoms. The second-order valence-electron chi connectivity index (χ2n) is 7.06. The number of hydrogen-bond acceptors (Lipinski definition) is 3. The molecule has 2 aromatic carbocycles. The molecule has 0 saturated heterocycles. The highest BCUT2D eigenvalue weighted by molar-refractivity contribution is 5.91. The lowest BCUT2D eigenvalue weighted by molar-refractivity contribution is -0.116. The van der Waals surface area contributed by atoms with Gasteiger partial charge in [0.05, 0.1) is 13.7 Å². The number of carbonyl (C=O) groups excluding carboxylic acids is 2. The first-order valence-corrected chi connectivity index (χ1v) is 9.69. The topological polar surface area (TPSA) is 86.5 Å². The van der Waals surface area contributed by atoms with Crippen LogP contribution in [0.25, 0.3) is 10.9 Å². The van der Waals surface area contributed by atoms with Gasteiger partial charge in [0.2, 0.25) is 5.91 Å². The molecule has 0 unspecified atom stereocenters. The standard InChI is InChI=1S/C22H24N4O3/c1-29-16-8-6-15(7-9-16)24-21(27)10-12-23-22(28)26-13-11-18-17-4-2-3-5-19(17)25-20(18)14-26/h2-9,25H,10-14H2,1H3,(H,23,28)(H,24,27). The monoisotopic (exact) mass is 392 g/mol. The van der Waals surface area contributed by atoms with Gasteiger partial charge in [-0.2, -0.15) is 0 Å². The lowest BCUT2D eigenvalue weighted by atomic mass is 10.0. The minimum atomic E-state index is -0.147. The van der Waals surface area contributed by atoms with E-state index in [-0.39, 0.29) is 24.9 Å². The maximum absolute atomic E-state index is 12.5. The second kappa shape index (κ2) is 8.26. The highest BCUT2D eigenvalue weighted by atomic mass is 16.5. The third-order valence-corrected chi connectivity index (χ3v) is 5.17. The number of fused-ring (bicyclic) bond motifs is 3. The van der Waals surface area contributed by atoms with E-state index in [0.717, 1.165) is 23.4 Å². The van der Waals surface area contributed by atoms with Gasteiger partial charge in [0, 0.05) is 41.8 Å². The van der Waals surface area contributed by atoms with Gasteiger partial charge >= 0.3 is 6.03 Å². The van der Waals surface area contributed by atoms with Crippen LogP contribution in [-0.2, 0) is 17.8 Å². The fourth-order valence-electron chi connectivity index (χ4n) is 3.66. The number of carbonyl (C=O) groups is 2. The van der Waals surface area contributed by atoms with Crippen molar-refractivity contribution in [2.45, 2.75) is 19.4 Å². The number of aromatic nitrogens is 1. The van der Waals surface area contributed by atoms with Crippen LogP contribution in [-0.4, -0.2) is 42.0 Å². The first-order valence-electron chi connectivity index (χ1n) is 9.69. The van der Waals surface area contributed by atoms with Gasteiger partial charge in [0.15, 0.2) is 0 Å². The third-order valence-electron chi connectivity index (χ3n) is 5.17. The van der Waals surface area contributed by atoms with Crippen molar-refractivity contribution in [1.82, 2.24) is 15.2 Å². The zero-order chi connectivity index (χ0) is 20.2. The van der Waals surface area contributed by atoms with E-state index in [2.05, 4.69) is 27.8 Å². The number of amides is 3. The van der Waals surface area contributed by atoms with Crippen LogP contribution < -0.4 is 15.4 Å². The van der Waals surface area contributed by atoms with Crippen LogP contribution in [0.5, 0.6) is 5.75 Å². The van der Waals surface area contributed by atoms with Crippen molar-refractivity contribution in [2.24, 2.45) is 0 Å². The molecule has 0 spiro atoms. The molecular formula is C22H24N4O3. The Morgan fingerprint density at radius 2 is 1.93 bits per heavy atom. The average Bonchev–Trinajstić information content (AvgIpc) is 3.12. The van der Waals surface area contributed by atoms with Crippen molar-refractivity contribution in [1.29, 1.82) is 0 Å². The predicted molar refractivity (Wildman–Crippen MR) is 112 cm³/mol. The minimum absolute atomic E-state index is 0.146. The molecule has 1 aliphatic rings. The van der Waals surface area contributed by atoms with Gasteiger partial charge < -0.3 is 25.3 Å². The zero-order valence-electron chi connectivity index (χ0n) is 16.3. The number of aromatic amines is 1. The number of para-hydroxylation sites is 1. The predicted octanol–water partition coefficient (Wildman–Crippen LogP) is 3.27. The first kappa shape index (κ1) is 18.9. The van der Waals surface area contributed by atoms with E-state index in [9.17, 15) is 9.59 Å². The van der Waals surface area contributed by atoms with Gasteiger partial charge in [-0.05, 0) is 42.3 Å². The number of nitrogens with zero attached hydrogens (tertiary/aromatic N) is 1. The molecule has 4 rings (SSSR count). The lowest BCUT2D eigenvalue weighted by Gasteiger charge is -2.27. The van der Waals surface area contributed by atoms with Crippen molar-refractivity contribution >= 4 is 28.5 Å². The summed E-state index contributed by atoms with van der Waals surface area (Å²) in [5, 5.41) is 6.89. The van der Waals surface area contributed by atoms with Crippen LogP contribution in [0.1, 0.15) is 17.7 Å². The molecule has 3 N–H and O–H groups in total. The van der Waals surface area contributed by atoms with E-state index >= 15 is 0 Å². The zero-order valence-corrected chi connectivity index (χ0v) is 16.3. The molecule has 7 nitrogen and oxygen atoms in total. The van der Waals surface area contributed by atoms with Gasteiger partial charge in [-0.15, -0.1) is 0 Å². The Morgan fingerprint density at radius 3 is 2.72 bits per heavy atom. The Bertz CT molecular complexity index is 1030. The number of ether oxygens (including phenoxy) is 1. The van der Waals surface area contributed by atoms with Crippen LogP contribution in [0.15, 0.2) is 48.5 Å². The van der Waals surface area contributed by atoms with E-state index in [1.54, 1.807) is 36.3 Å².